The fourth-order valence-electron chi connectivity index (χ4n) is 2.74. The van der Waals surface area contributed by atoms with Gasteiger partial charge in [0.15, 0.2) is 0 Å². The smallest absolute Gasteiger partial charge is 0.223 e. The first-order chi connectivity index (χ1) is 9.58. The highest BCUT2D eigenvalue weighted by atomic mass is 32.1. The number of hydrogen-bond acceptors (Lipinski definition) is 4. The van der Waals surface area contributed by atoms with Crippen molar-refractivity contribution in [3.8, 4) is 0 Å². The molecule has 1 aliphatic heterocycles. The molecule has 0 radical (unpaired) electrons. The fourth-order valence-corrected chi connectivity index (χ4v) is 3.69. The van der Waals surface area contributed by atoms with Crippen molar-refractivity contribution in [2.45, 2.75) is 52.5 Å². The summed E-state index contributed by atoms with van der Waals surface area (Å²) in [6.45, 7) is 8.87. The zero-order chi connectivity index (χ0) is 14.5. The summed E-state index contributed by atoms with van der Waals surface area (Å²) >= 11 is 1.74. The van der Waals surface area contributed by atoms with Crippen LogP contribution in [0.3, 0.4) is 0 Å². The first-order valence-electron chi connectivity index (χ1n) is 7.53. The van der Waals surface area contributed by atoms with E-state index in [1.807, 2.05) is 11.8 Å². The molecule has 0 saturated carbocycles. The Balaban J connectivity index is 1.75. The van der Waals surface area contributed by atoms with Crippen molar-refractivity contribution in [1.82, 2.24) is 15.2 Å². The first-order valence-corrected chi connectivity index (χ1v) is 8.34. The topological polar surface area (TPSA) is 45.2 Å². The predicted octanol–water partition coefficient (Wildman–Crippen LogP) is 2.81. The highest BCUT2D eigenvalue weighted by molar-refractivity contribution is 7.11. The number of nitrogens with one attached hydrogen (secondary N) is 1. The molecule has 1 fully saturated rings. The number of thiazole rings is 1. The van der Waals surface area contributed by atoms with Crippen LogP contribution in [0.25, 0.3) is 0 Å². The van der Waals surface area contributed by atoms with Gasteiger partial charge >= 0.3 is 0 Å². The lowest BCUT2D eigenvalue weighted by atomic mass is 10.1. The lowest BCUT2D eigenvalue weighted by Crippen LogP contribution is -2.37. The van der Waals surface area contributed by atoms with Crippen molar-refractivity contribution in [2.24, 2.45) is 0 Å². The van der Waals surface area contributed by atoms with Gasteiger partial charge in [-0.05, 0) is 40.0 Å². The minimum atomic E-state index is 0.273. The highest BCUT2D eigenvalue weighted by Crippen LogP contribution is 2.24. The molecular weight excluding hydrogens is 270 g/mol. The number of nitrogens with zero attached hydrogens (tertiary/aromatic N) is 2. The van der Waals surface area contributed by atoms with E-state index in [0.29, 0.717) is 12.3 Å². The summed E-state index contributed by atoms with van der Waals surface area (Å²) in [6, 6.07) is 0.273. The molecular formula is C15H25N3OS. The molecule has 1 aliphatic rings. The lowest BCUT2D eigenvalue weighted by Gasteiger charge is -2.27. The average molecular weight is 295 g/mol. The second-order valence-electron chi connectivity index (χ2n) is 5.55. The van der Waals surface area contributed by atoms with Crippen molar-refractivity contribution in [3.63, 3.8) is 0 Å². The van der Waals surface area contributed by atoms with Gasteiger partial charge in [-0.1, -0.05) is 0 Å². The van der Waals surface area contributed by atoms with E-state index in [1.54, 1.807) is 11.3 Å². The molecule has 112 valence electrons. The molecule has 1 amide bonds. The number of carbonyl (C=O) groups excluding carboxylic acids is 1. The summed E-state index contributed by atoms with van der Waals surface area (Å²) < 4.78 is 0. The lowest BCUT2D eigenvalue weighted by molar-refractivity contribution is -0.131. The van der Waals surface area contributed by atoms with Crippen LogP contribution >= 0.6 is 11.3 Å². The summed E-state index contributed by atoms with van der Waals surface area (Å²) in [5, 5.41) is 4.55. The second kappa shape index (κ2) is 7.18. The maximum Gasteiger partial charge on any atom is 0.223 e. The molecule has 2 heterocycles. The van der Waals surface area contributed by atoms with Crippen LogP contribution in [0.2, 0.25) is 0 Å². The summed E-state index contributed by atoms with van der Waals surface area (Å²) in [4.78, 5) is 19.8. The minimum Gasteiger partial charge on any atom is -0.343 e. The Morgan fingerprint density at radius 2 is 2.05 bits per heavy atom. The molecule has 1 saturated heterocycles. The molecule has 0 aromatic carbocycles. The standard InChI is InChI=1S/C15H25N3OS/c1-11(15-12(2)17-13(3)20-15)16-8-7-14(19)18-9-5-4-6-10-18/h11,16H,4-10H2,1-3H3. The van der Waals surface area contributed by atoms with Crippen LogP contribution in [-0.2, 0) is 4.79 Å². The van der Waals surface area contributed by atoms with Gasteiger partial charge in [0.1, 0.15) is 0 Å². The van der Waals surface area contributed by atoms with E-state index >= 15 is 0 Å². The van der Waals surface area contributed by atoms with E-state index < -0.39 is 0 Å². The maximum atomic E-state index is 12.1. The van der Waals surface area contributed by atoms with E-state index in [0.717, 1.165) is 43.2 Å². The summed E-state index contributed by atoms with van der Waals surface area (Å²) in [6.07, 6.45) is 4.19. The van der Waals surface area contributed by atoms with Gasteiger partial charge in [0.25, 0.3) is 0 Å². The van der Waals surface area contributed by atoms with E-state index in [9.17, 15) is 4.79 Å². The van der Waals surface area contributed by atoms with Crippen molar-refractivity contribution >= 4 is 17.2 Å². The zero-order valence-electron chi connectivity index (χ0n) is 12.7. The van der Waals surface area contributed by atoms with Gasteiger partial charge < -0.3 is 10.2 Å². The molecule has 0 aliphatic carbocycles. The van der Waals surface area contributed by atoms with Crippen LogP contribution in [0.15, 0.2) is 0 Å². The SMILES string of the molecule is Cc1nc(C)c(C(C)NCCC(=O)N2CCCCC2)s1. The van der Waals surface area contributed by atoms with E-state index in [1.165, 1.54) is 11.3 Å². The van der Waals surface area contributed by atoms with Crippen LogP contribution in [0, 0.1) is 13.8 Å². The Morgan fingerprint density at radius 3 is 2.65 bits per heavy atom. The highest BCUT2D eigenvalue weighted by Gasteiger charge is 2.17. The van der Waals surface area contributed by atoms with Gasteiger partial charge in [-0.15, -0.1) is 11.3 Å². The number of aryl methyl sites for hydroxylation is 2. The van der Waals surface area contributed by atoms with E-state index in [4.69, 9.17) is 0 Å². The second-order valence-corrected chi connectivity index (χ2v) is 6.78. The third-order valence-corrected chi connectivity index (χ3v) is 5.09. The molecule has 0 bridgehead atoms. The third-order valence-electron chi connectivity index (χ3n) is 3.83. The first kappa shape index (κ1) is 15.4. The van der Waals surface area contributed by atoms with Crippen molar-refractivity contribution in [1.29, 1.82) is 0 Å². The Bertz CT molecular complexity index is 452. The van der Waals surface area contributed by atoms with Crippen LogP contribution < -0.4 is 5.32 Å². The van der Waals surface area contributed by atoms with E-state index in [-0.39, 0.29) is 6.04 Å². The number of hydrogen-bond donors (Lipinski definition) is 1. The maximum absolute atomic E-state index is 12.1. The van der Waals surface area contributed by atoms with Gasteiger partial charge in [0.2, 0.25) is 5.91 Å². The molecule has 0 spiro atoms. The van der Waals surface area contributed by atoms with Crippen molar-refractivity contribution in [3.05, 3.63) is 15.6 Å². The van der Waals surface area contributed by atoms with Gasteiger partial charge in [-0.25, -0.2) is 4.98 Å². The number of aromatic nitrogens is 1. The largest absolute Gasteiger partial charge is 0.343 e. The number of likely N-dealkylation sites (tertiary alicyclic amines) is 1. The molecule has 2 rings (SSSR count). The zero-order valence-corrected chi connectivity index (χ0v) is 13.6. The molecule has 20 heavy (non-hydrogen) atoms. The molecule has 5 heteroatoms. The Morgan fingerprint density at radius 1 is 1.35 bits per heavy atom. The molecule has 1 N–H and O–H groups in total. The number of carbonyl (C=O) groups is 1. The number of rotatable bonds is 5. The van der Waals surface area contributed by atoms with Crippen molar-refractivity contribution < 1.29 is 4.79 Å². The van der Waals surface area contributed by atoms with Crippen LogP contribution in [0.1, 0.15) is 54.2 Å². The van der Waals surface area contributed by atoms with Crippen molar-refractivity contribution in [2.75, 3.05) is 19.6 Å². The molecule has 4 nitrogen and oxygen atoms in total. The van der Waals surface area contributed by atoms with E-state index in [2.05, 4.69) is 24.1 Å². The third kappa shape index (κ3) is 4.03. The summed E-state index contributed by atoms with van der Waals surface area (Å²) in [7, 11) is 0. The Kier molecular flexibility index (Phi) is 5.54. The molecule has 1 aromatic heterocycles. The Labute approximate surface area is 125 Å². The van der Waals surface area contributed by atoms with Crippen LogP contribution in [0.4, 0.5) is 0 Å². The van der Waals surface area contributed by atoms with Gasteiger partial charge in [0, 0.05) is 37.0 Å². The van der Waals surface area contributed by atoms with Gasteiger partial charge in [-0.3, -0.25) is 4.79 Å². The van der Waals surface area contributed by atoms with Gasteiger partial charge in [-0.2, -0.15) is 0 Å². The number of amides is 1. The number of piperidine rings is 1. The molecule has 1 unspecified atom stereocenters. The molecule has 1 aromatic rings. The summed E-state index contributed by atoms with van der Waals surface area (Å²) in [5.74, 6) is 0.293. The summed E-state index contributed by atoms with van der Waals surface area (Å²) in [5.41, 5.74) is 1.11. The average Bonchev–Trinajstić information content (AvgIpc) is 2.78. The minimum absolute atomic E-state index is 0.273. The quantitative estimate of drug-likeness (QED) is 0.908. The predicted molar refractivity (Wildman–Crippen MR) is 83.1 cm³/mol. The van der Waals surface area contributed by atoms with Crippen LogP contribution in [-0.4, -0.2) is 35.4 Å². The fraction of sp³-hybridized carbons (Fsp3) is 0.733. The van der Waals surface area contributed by atoms with Crippen LogP contribution in [0.5, 0.6) is 0 Å². The molecule has 1 atom stereocenters. The normalized spacial score (nSPS) is 17.2. The van der Waals surface area contributed by atoms with Gasteiger partial charge in [0.05, 0.1) is 10.7 Å². The Hall–Kier alpha value is -0.940. The monoisotopic (exact) mass is 295 g/mol.